The minimum absolute atomic E-state index is 0.703. The van der Waals surface area contributed by atoms with Crippen LogP contribution in [0.3, 0.4) is 0 Å². The molecule has 2 heterocycles. The molecule has 0 saturated carbocycles. The largest absolute Gasteiger partial charge is 0.456 e. The maximum absolute atomic E-state index is 6.18. The second-order valence-electron chi connectivity index (χ2n) is 12.6. The van der Waals surface area contributed by atoms with Gasteiger partial charge in [0.25, 0.3) is 0 Å². The lowest BCUT2D eigenvalue weighted by Crippen LogP contribution is -1.98. The molecular formula is C46H28N2O. The van der Waals surface area contributed by atoms with Crippen LogP contribution >= 0.6 is 0 Å². The van der Waals surface area contributed by atoms with Gasteiger partial charge in [-0.25, -0.2) is 9.97 Å². The van der Waals surface area contributed by atoms with Crippen molar-refractivity contribution in [2.24, 2.45) is 0 Å². The minimum atomic E-state index is 0.703. The molecule has 0 aliphatic carbocycles. The molecule has 0 saturated heterocycles. The third kappa shape index (κ3) is 4.59. The van der Waals surface area contributed by atoms with Crippen molar-refractivity contribution in [2.45, 2.75) is 0 Å². The summed E-state index contributed by atoms with van der Waals surface area (Å²) in [6.45, 7) is 0. The number of furan rings is 1. The van der Waals surface area contributed by atoms with Gasteiger partial charge in [0, 0.05) is 27.5 Å². The van der Waals surface area contributed by atoms with Crippen molar-refractivity contribution in [1.82, 2.24) is 9.97 Å². The smallest absolute Gasteiger partial charge is 0.161 e. The first-order valence-electron chi connectivity index (χ1n) is 16.6. The van der Waals surface area contributed by atoms with Crippen LogP contribution in [0.5, 0.6) is 0 Å². The predicted molar refractivity (Wildman–Crippen MR) is 204 cm³/mol. The summed E-state index contributed by atoms with van der Waals surface area (Å²) in [7, 11) is 0. The van der Waals surface area contributed by atoms with Crippen molar-refractivity contribution in [2.75, 3.05) is 0 Å². The number of hydrogen-bond donors (Lipinski definition) is 0. The minimum Gasteiger partial charge on any atom is -0.456 e. The molecule has 0 unspecified atom stereocenters. The third-order valence-electron chi connectivity index (χ3n) is 9.68. The van der Waals surface area contributed by atoms with Gasteiger partial charge in [-0.1, -0.05) is 133 Å². The number of nitrogens with zero attached hydrogens (tertiary/aromatic N) is 2. The van der Waals surface area contributed by atoms with Crippen molar-refractivity contribution in [1.29, 1.82) is 0 Å². The molecule has 10 rings (SSSR count). The zero-order valence-corrected chi connectivity index (χ0v) is 26.5. The normalized spacial score (nSPS) is 11.7. The molecule has 3 nitrogen and oxygen atoms in total. The summed E-state index contributed by atoms with van der Waals surface area (Å²) in [5.41, 5.74) is 8.93. The van der Waals surface area contributed by atoms with Gasteiger partial charge < -0.3 is 4.42 Å². The first-order valence-corrected chi connectivity index (χ1v) is 16.6. The van der Waals surface area contributed by atoms with Gasteiger partial charge in [-0.05, 0) is 79.8 Å². The molecular weight excluding hydrogens is 597 g/mol. The Morgan fingerprint density at radius 1 is 0.327 bits per heavy atom. The van der Waals surface area contributed by atoms with Crippen molar-refractivity contribution < 1.29 is 4.42 Å². The second-order valence-corrected chi connectivity index (χ2v) is 12.6. The number of fused-ring (bicyclic) bond motifs is 7. The quantitative estimate of drug-likeness (QED) is 0.144. The monoisotopic (exact) mass is 624 g/mol. The first kappa shape index (κ1) is 27.5. The zero-order valence-electron chi connectivity index (χ0n) is 26.5. The predicted octanol–water partition coefficient (Wildman–Crippen LogP) is 12.5. The van der Waals surface area contributed by atoms with E-state index in [0.717, 1.165) is 66.2 Å². The summed E-state index contributed by atoms with van der Waals surface area (Å²) in [5, 5.41) is 9.22. The van der Waals surface area contributed by atoms with E-state index >= 15 is 0 Å². The van der Waals surface area contributed by atoms with Gasteiger partial charge in [-0.3, -0.25) is 0 Å². The third-order valence-corrected chi connectivity index (χ3v) is 9.68. The maximum Gasteiger partial charge on any atom is 0.161 e. The van der Waals surface area contributed by atoms with Crippen LogP contribution in [0, 0.1) is 0 Å². The molecule has 0 radical (unpaired) electrons. The van der Waals surface area contributed by atoms with E-state index in [1.165, 1.54) is 27.3 Å². The molecule has 10 aromatic rings. The van der Waals surface area contributed by atoms with Crippen LogP contribution in [0.25, 0.3) is 99.3 Å². The standard InChI is InChI=1S/C46H28N2O/c1-2-10-29(11-3-1)30-18-20-32(21-19-30)41-28-42(34-23-25-44-40(27-34)37-16-8-9-17-43(37)49-44)48-46(47-41)45-36-15-7-5-13-33(36)26-39-35-14-6-4-12-31(35)22-24-38(39)45/h1-28H. The average molecular weight is 625 g/mol. The summed E-state index contributed by atoms with van der Waals surface area (Å²) in [6.07, 6.45) is 0. The molecule has 0 spiro atoms. The fraction of sp³-hybridized carbons (Fsp3) is 0. The van der Waals surface area contributed by atoms with E-state index in [-0.39, 0.29) is 0 Å². The summed E-state index contributed by atoms with van der Waals surface area (Å²) in [4.78, 5) is 10.7. The SMILES string of the molecule is c1ccc(-c2ccc(-c3cc(-c4ccc5oc6ccccc6c5c4)nc(-c4c5ccccc5cc5c4ccc4ccccc45)n3)cc2)cc1. The Balaban J connectivity index is 1.24. The van der Waals surface area contributed by atoms with Crippen molar-refractivity contribution in [3.8, 4) is 45.0 Å². The lowest BCUT2D eigenvalue weighted by atomic mass is 9.92. The van der Waals surface area contributed by atoms with Gasteiger partial charge in [-0.2, -0.15) is 0 Å². The lowest BCUT2D eigenvalue weighted by molar-refractivity contribution is 0.669. The van der Waals surface area contributed by atoms with Crippen LogP contribution in [-0.4, -0.2) is 9.97 Å². The lowest BCUT2D eigenvalue weighted by Gasteiger charge is -2.15. The van der Waals surface area contributed by atoms with Crippen LogP contribution in [0.4, 0.5) is 0 Å². The number of rotatable bonds is 4. The van der Waals surface area contributed by atoms with Gasteiger partial charge in [-0.15, -0.1) is 0 Å². The van der Waals surface area contributed by atoms with Gasteiger partial charge >= 0.3 is 0 Å². The van der Waals surface area contributed by atoms with E-state index in [0.29, 0.717) is 5.82 Å². The highest BCUT2D eigenvalue weighted by molar-refractivity contribution is 6.19. The van der Waals surface area contributed by atoms with Crippen LogP contribution in [0.1, 0.15) is 0 Å². The zero-order chi connectivity index (χ0) is 32.3. The molecule has 2 aromatic heterocycles. The Morgan fingerprint density at radius 3 is 1.78 bits per heavy atom. The van der Waals surface area contributed by atoms with E-state index in [1.54, 1.807) is 0 Å². The van der Waals surface area contributed by atoms with Crippen molar-refractivity contribution >= 4 is 54.3 Å². The molecule has 0 N–H and O–H groups in total. The van der Waals surface area contributed by atoms with Gasteiger partial charge in [0.2, 0.25) is 0 Å². The molecule has 3 heteroatoms. The van der Waals surface area contributed by atoms with Crippen molar-refractivity contribution in [3.63, 3.8) is 0 Å². The van der Waals surface area contributed by atoms with Gasteiger partial charge in [0.15, 0.2) is 5.82 Å². The van der Waals surface area contributed by atoms with Crippen LogP contribution in [0.2, 0.25) is 0 Å². The van der Waals surface area contributed by atoms with E-state index in [4.69, 9.17) is 14.4 Å². The Morgan fingerprint density at radius 2 is 0.939 bits per heavy atom. The number of aromatic nitrogens is 2. The van der Waals surface area contributed by atoms with E-state index in [9.17, 15) is 0 Å². The topological polar surface area (TPSA) is 38.9 Å². The van der Waals surface area contributed by atoms with Gasteiger partial charge in [0.1, 0.15) is 11.2 Å². The highest BCUT2D eigenvalue weighted by Gasteiger charge is 2.18. The summed E-state index contributed by atoms with van der Waals surface area (Å²) in [6, 6.07) is 59.7. The molecule has 228 valence electrons. The number of hydrogen-bond acceptors (Lipinski definition) is 3. The summed E-state index contributed by atoms with van der Waals surface area (Å²) >= 11 is 0. The summed E-state index contributed by atoms with van der Waals surface area (Å²) < 4.78 is 6.18. The molecule has 0 atom stereocenters. The van der Waals surface area contributed by atoms with Crippen LogP contribution in [0.15, 0.2) is 174 Å². The van der Waals surface area contributed by atoms with Crippen LogP contribution < -0.4 is 0 Å². The maximum atomic E-state index is 6.18. The van der Waals surface area contributed by atoms with Crippen molar-refractivity contribution in [3.05, 3.63) is 170 Å². The fourth-order valence-corrected chi connectivity index (χ4v) is 7.27. The van der Waals surface area contributed by atoms with E-state index in [1.807, 2.05) is 18.2 Å². The Kier molecular flexibility index (Phi) is 6.18. The van der Waals surface area contributed by atoms with Crippen LogP contribution in [-0.2, 0) is 0 Å². The molecule has 0 fully saturated rings. The molecule has 0 amide bonds. The molecule has 0 bridgehead atoms. The Bertz CT molecular complexity index is 2870. The van der Waals surface area contributed by atoms with E-state index in [2.05, 4.69) is 152 Å². The molecule has 0 aliphatic heterocycles. The first-order chi connectivity index (χ1) is 24.3. The molecule has 49 heavy (non-hydrogen) atoms. The average Bonchev–Trinajstić information content (AvgIpc) is 3.55. The summed E-state index contributed by atoms with van der Waals surface area (Å²) in [5.74, 6) is 0.703. The Labute approximate surface area is 282 Å². The second kappa shape index (κ2) is 11.0. The fourth-order valence-electron chi connectivity index (χ4n) is 7.27. The molecule has 8 aromatic carbocycles. The van der Waals surface area contributed by atoms with Gasteiger partial charge in [0.05, 0.1) is 11.4 Å². The number of benzene rings is 8. The number of para-hydroxylation sites is 1. The molecule has 0 aliphatic rings. The Hall–Kier alpha value is -6.58. The highest BCUT2D eigenvalue weighted by Crippen LogP contribution is 2.40. The highest BCUT2D eigenvalue weighted by atomic mass is 16.3. The van der Waals surface area contributed by atoms with E-state index < -0.39 is 0 Å².